The molecule has 0 aromatic rings. The Labute approximate surface area is 96.9 Å². The largest absolute Gasteiger partial charge is 0.381 e. The van der Waals surface area contributed by atoms with E-state index < -0.39 is 0 Å². The van der Waals surface area contributed by atoms with Gasteiger partial charge in [0, 0.05) is 31.2 Å². The Bertz CT molecular complexity index is 231. The minimum atomic E-state index is 0.197. The normalized spacial score (nSPS) is 32.3. The molecule has 2 fully saturated rings. The third-order valence-electron chi connectivity index (χ3n) is 3.71. The van der Waals surface area contributed by atoms with Crippen molar-refractivity contribution in [3.05, 3.63) is 0 Å². The van der Waals surface area contributed by atoms with E-state index in [0.717, 1.165) is 51.7 Å². The van der Waals surface area contributed by atoms with Crippen LogP contribution in [-0.4, -0.2) is 31.2 Å². The van der Waals surface area contributed by atoms with Gasteiger partial charge in [-0.3, -0.25) is 4.79 Å². The van der Waals surface area contributed by atoms with Gasteiger partial charge in [0.25, 0.3) is 0 Å². The highest BCUT2D eigenvalue weighted by Crippen LogP contribution is 2.23. The molecule has 0 bridgehead atoms. The summed E-state index contributed by atoms with van der Waals surface area (Å²) >= 11 is 0. The molecule has 0 radical (unpaired) electrons. The first-order valence-corrected chi connectivity index (χ1v) is 6.39. The number of ether oxygens (including phenoxy) is 1. The molecule has 4 heteroatoms. The fourth-order valence-electron chi connectivity index (χ4n) is 2.54. The fraction of sp³-hybridized carbons (Fsp3) is 0.917. The van der Waals surface area contributed by atoms with Crippen molar-refractivity contribution < 1.29 is 9.53 Å². The molecule has 1 aliphatic heterocycles. The molecule has 0 atom stereocenters. The van der Waals surface area contributed by atoms with E-state index in [2.05, 4.69) is 5.32 Å². The Morgan fingerprint density at radius 3 is 2.31 bits per heavy atom. The fourth-order valence-corrected chi connectivity index (χ4v) is 2.54. The smallest absolute Gasteiger partial charge is 0.223 e. The second kappa shape index (κ2) is 5.64. The second-order valence-electron chi connectivity index (χ2n) is 5.01. The predicted octanol–water partition coefficient (Wildman–Crippen LogP) is 0.799. The van der Waals surface area contributed by atoms with Crippen LogP contribution >= 0.6 is 0 Å². The monoisotopic (exact) mass is 226 g/mol. The first-order chi connectivity index (χ1) is 7.75. The van der Waals surface area contributed by atoms with Crippen LogP contribution in [0.5, 0.6) is 0 Å². The molecule has 16 heavy (non-hydrogen) atoms. The maximum absolute atomic E-state index is 12.0. The molecule has 1 amide bonds. The maximum Gasteiger partial charge on any atom is 0.223 e. The van der Waals surface area contributed by atoms with Gasteiger partial charge in [-0.15, -0.1) is 0 Å². The number of carbonyl (C=O) groups excluding carboxylic acids is 1. The lowest BCUT2D eigenvalue weighted by Gasteiger charge is -2.29. The SMILES string of the molecule is N[C@H]1CC[C@H](C(=O)NC2CCOCC2)CC1. The molecule has 92 valence electrons. The van der Waals surface area contributed by atoms with Crippen molar-refractivity contribution in [1.29, 1.82) is 0 Å². The van der Waals surface area contributed by atoms with Crippen molar-refractivity contribution in [2.45, 2.75) is 50.6 Å². The van der Waals surface area contributed by atoms with Crippen molar-refractivity contribution in [3.8, 4) is 0 Å². The van der Waals surface area contributed by atoms with Crippen LogP contribution in [-0.2, 0) is 9.53 Å². The standard InChI is InChI=1S/C12H22N2O2/c13-10-3-1-9(2-4-10)12(15)14-11-5-7-16-8-6-11/h9-11H,1-8,13H2,(H,14,15)/t9-,10-. The first-order valence-electron chi connectivity index (χ1n) is 6.39. The number of amides is 1. The van der Waals surface area contributed by atoms with Crippen molar-refractivity contribution in [1.82, 2.24) is 5.32 Å². The summed E-state index contributed by atoms with van der Waals surface area (Å²) in [7, 11) is 0. The van der Waals surface area contributed by atoms with E-state index in [1.165, 1.54) is 0 Å². The van der Waals surface area contributed by atoms with Gasteiger partial charge in [0.15, 0.2) is 0 Å². The highest BCUT2D eigenvalue weighted by Gasteiger charge is 2.26. The van der Waals surface area contributed by atoms with E-state index in [-0.39, 0.29) is 11.8 Å². The molecule has 1 heterocycles. The summed E-state index contributed by atoms with van der Waals surface area (Å²) in [6, 6.07) is 0.643. The van der Waals surface area contributed by atoms with E-state index in [0.29, 0.717) is 12.1 Å². The zero-order chi connectivity index (χ0) is 11.4. The van der Waals surface area contributed by atoms with Gasteiger partial charge in [0.2, 0.25) is 5.91 Å². The summed E-state index contributed by atoms with van der Waals surface area (Å²) in [4.78, 5) is 12.0. The molecule has 2 aliphatic rings. The zero-order valence-corrected chi connectivity index (χ0v) is 9.78. The lowest BCUT2D eigenvalue weighted by molar-refractivity contribution is -0.127. The highest BCUT2D eigenvalue weighted by atomic mass is 16.5. The Hall–Kier alpha value is -0.610. The molecule has 0 unspecified atom stereocenters. The summed E-state index contributed by atoms with van der Waals surface area (Å²) in [5.74, 6) is 0.432. The molecule has 1 saturated heterocycles. The van der Waals surface area contributed by atoms with Crippen LogP contribution < -0.4 is 11.1 Å². The zero-order valence-electron chi connectivity index (χ0n) is 9.78. The van der Waals surface area contributed by atoms with E-state index in [1.807, 2.05) is 0 Å². The maximum atomic E-state index is 12.0. The molecule has 2 rings (SSSR count). The molecule has 1 aliphatic carbocycles. The van der Waals surface area contributed by atoms with E-state index in [9.17, 15) is 4.79 Å². The summed E-state index contributed by atoms with van der Waals surface area (Å²) in [5.41, 5.74) is 5.83. The number of hydrogen-bond acceptors (Lipinski definition) is 3. The van der Waals surface area contributed by atoms with Gasteiger partial charge >= 0.3 is 0 Å². The van der Waals surface area contributed by atoms with Crippen molar-refractivity contribution in [2.24, 2.45) is 11.7 Å². The molecule has 3 N–H and O–H groups in total. The van der Waals surface area contributed by atoms with Gasteiger partial charge in [-0.2, -0.15) is 0 Å². The van der Waals surface area contributed by atoms with Gasteiger partial charge < -0.3 is 15.8 Å². The molecule has 0 aromatic carbocycles. The van der Waals surface area contributed by atoms with Gasteiger partial charge in [0.1, 0.15) is 0 Å². The van der Waals surface area contributed by atoms with Gasteiger partial charge in [-0.05, 0) is 38.5 Å². The molecular formula is C12H22N2O2. The van der Waals surface area contributed by atoms with Crippen LogP contribution in [0.1, 0.15) is 38.5 Å². The lowest BCUT2D eigenvalue weighted by Crippen LogP contribution is -2.43. The van der Waals surface area contributed by atoms with Crippen LogP contribution in [0.25, 0.3) is 0 Å². The third kappa shape index (κ3) is 3.19. The Morgan fingerprint density at radius 1 is 1.06 bits per heavy atom. The first kappa shape index (κ1) is 11.9. The molecule has 4 nitrogen and oxygen atoms in total. The topological polar surface area (TPSA) is 64.4 Å². The van der Waals surface area contributed by atoms with Crippen LogP contribution in [0.3, 0.4) is 0 Å². The molecule has 0 spiro atoms. The number of carbonyl (C=O) groups is 1. The Morgan fingerprint density at radius 2 is 1.69 bits per heavy atom. The van der Waals surface area contributed by atoms with E-state index in [4.69, 9.17) is 10.5 Å². The summed E-state index contributed by atoms with van der Waals surface area (Å²) in [5, 5.41) is 3.14. The highest BCUT2D eigenvalue weighted by molar-refractivity contribution is 5.79. The van der Waals surface area contributed by atoms with Crippen LogP contribution in [0.2, 0.25) is 0 Å². The van der Waals surface area contributed by atoms with Crippen molar-refractivity contribution >= 4 is 5.91 Å². The van der Waals surface area contributed by atoms with Crippen LogP contribution in [0, 0.1) is 5.92 Å². The Balaban J connectivity index is 1.74. The summed E-state index contributed by atoms with van der Waals surface area (Å²) < 4.78 is 5.27. The number of rotatable bonds is 2. The minimum absolute atomic E-state index is 0.197. The number of nitrogens with two attached hydrogens (primary N) is 1. The molecule has 0 aromatic heterocycles. The number of nitrogens with one attached hydrogen (secondary N) is 1. The minimum Gasteiger partial charge on any atom is -0.381 e. The van der Waals surface area contributed by atoms with Gasteiger partial charge in [-0.1, -0.05) is 0 Å². The lowest BCUT2D eigenvalue weighted by atomic mass is 9.85. The van der Waals surface area contributed by atoms with Crippen LogP contribution in [0.4, 0.5) is 0 Å². The Kier molecular flexibility index (Phi) is 4.18. The predicted molar refractivity (Wildman–Crippen MR) is 61.9 cm³/mol. The average molecular weight is 226 g/mol. The van der Waals surface area contributed by atoms with Crippen molar-refractivity contribution in [3.63, 3.8) is 0 Å². The van der Waals surface area contributed by atoms with Crippen LogP contribution in [0.15, 0.2) is 0 Å². The van der Waals surface area contributed by atoms with E-state index in [1.54, 1.807) is 0 Å². The van der Waals surface area contributed by atoms with E-state index >= 15 is 0 Å². The summed E-state index contributed by atoms with van der Waals surface area (Å²) in [6.45, 7) is 1.56. The quantitative estimate of drug-likeness (QED) is 0.732. The third-order valence-corrected chi connectivity index (χ3v) is 3.71. The van der Waals surface area contributed by atoms with Gasteiger partial charge in [-0.25, -0.2) is 0 Å². The average Bonchev–Trinajstić information content (AvgIpc) is 2.31. The van der Waals surface area contributed by atoms with Crippen molar-refractivity contribution in [2.75, 3.05) is 13.2 Å². The summed E-state index contributed by atoms with van der Waals surface area (Å²) in [6.07, 6.45) is 5.81. The molecule has 1 saturated carbocycles. The number of hydrogen-bond donors (Lipinski definition) is 2. The van der Waals surface area contributed by atoms with Gasteiger partial charge in [0.05, 0.1) is 0 Å². The molecular weight excluding hydrogens is 204 g/mol. The second-order valence-corrected chi connectivity index (χ2v) is 5.01.